The fourth-order valence-corrected chi connectivity index (χ4v) is 4.47. The largest absolute Gasteiger partial charge is 0.454 e. The number of hydrogen-bond acceptors (Lipinski definition) is 6. The number of nitrogens with zero attached hydrogens (tertiary/aromatic N) is 2. The van der Waals surface area contributed by atoms with Gasteiger partial charge in [0.15, 0.2) is 11.5 Å². The first-order valence-corrected chi connectivity index (χ1v) is 11.3. The Kier molecular flexibility index (Phi) is 5.21. The van der Waals surface area contributed by atoms with E-state index in [1.165, 1.54) is 34.3 Å². The van der Waals surface area contributed by atoms with E-state index in [0.717, 1.165) is 49.0 Å². The van der Waals surface area contributed by atoms with E-state index in [1.807, 2.05) is 6.07 Å². The summed E-state index contributed by atoms with van der Waals surface area (Å²) in [4.78, 5) is 8.76. The summed E-state index contributed by atoms with van der Waals surface area (Å²) in [5.41, 5.74) is 3.53. The number of nitrogens with one attached hydrogen (secondary N) is 1. The zero-order valence-corrected chi connectivity index (χ0v) is 17.4. The molecule has 0 saturated carbocycles. The number of rotatable bonds is 6. The number of benzene rings is 2. The number of pyridine rings is 1. The van der Waals surface area contributed by atoms with Crippen molar-refractivity contribution < 1.29 is 9.47 Å². The van der Waals surface area contributed by atoms with Crippen LogP contribution in [0.4, 0.5) is 5.82 Å². The third-order valence-corrected chi connectivity index (χ3v) is 6.29. The zero-order valence-electron chi connectivity index (χ0n) is 16.6. The average Bonchev–Trinajstić information content (AvgIpc) is 3.44. The van der Waals surface area contributed by atoms with Gasteiger partial charge in [-0.15, -0.1) is 11.8 Å². The summed E-state index contributed by atoms with van der Waals surface area (Å²) < 4.78 is 10.9. The second-order valence-corrected chi connectivity index (χ2v) is 8.39. The van der Waals surface area contributed by atoms with Gasteiger partial charge in [0, 0.05) is 42.0 Å². The van der Waals surface area contributed by atoms with Gasteiger partial charge >= 0.3 is 0 Å². The molecule has 0 radical (unpaired) electrons. The molecule has 5 nitrogen and oxygen atoms in total. The van der Waals surface area contributed by atoms with Gasteiger partial charge in [0.1, 0.15) is 5.82 Å². The summed E-state index contributed by atoms with van der Waals surface area (Å²) >= 11 is 1.76. The molecule has 0 spiro atoms. The molecule has 5 rings (SSSR count). The molecule has 1 fully saturated rings. The Morgan fingerprint density at radius 3 is 2.72 bits per heavy atom. The molecule has 2 aromatic carbocycles. The van der Waals surface area contributed by atoms with Gasteiger partial charge in [-0.2, -0.15) is 0 Å². The zero-order chi connectivity index (χ0) is 19.6. The molecule has 0 unspecified atom stereocenters. The van der Waals surface area contributed by atoms with E-state index in [0.29, 0.717) is 6.79 Å². The minimum absolute atomic E-state index is 0.312. The van der Waals surface area contributed by atoms with Gasteiger partial charge in [-0.1, -0.05) is 12.1 Å². The Hall–Kier alpha value is -2.44. The van der Waals surface area contributed by atoms with Crippen molar-refractivity contribution in [3.8, 4) is 11.5 Å². The first kappa shape index (κ1) is 18.6. The second-order valence-electron chi connectivity index (χ2n) is 7.52. The molecule has 2 aliphatic rings. The summed E-state index contributed by atoms with van der Waals surface area (Å²) in [5.74, 6) is 2.79. The molecule has 29 heavy (non-hydrogen) atoms. The highest BCUT2D eigenvalue weighted by molar-refractivity contribution is 7.98. The fourth-order valence-electron chi connectivity index (χ4n) is 4.03. The van der Waals surface area contributed by atoms with Crippen LogP contribution in [0.15, 0.2) is 47.4 Å². The van der Waals surface area contributed by atoms with Gasteiger partial charge in [-0.25, -0.2) is 4.98 Å². The molecule has 1 aromatic heterocycles. The van der Waals surface area contributed by atoms with Crippen LogP contribution in [-0.2, 0) is 13.1 Å². The predicted molar refractivity (Wildman–Crippen MR) is 118 cm³/mol. The highest BCUT2D eigenvalue weighted by Gasteiger charge is 2.18. The van der Waals surface area contributed by atoms with Gasteiger partial charge in [-0.05, 0) is 55.0 Å². The Morgan fingerprint density at radius 1 is 1.00 bits per heavy atom. The van der Waals surface area contributed by atoms with E-state index < -0.39 is 0 Å². The smallest absolute Gasteiger partial charge is 0.231 e. The van der Waals surface area contributed by atoms with Crippen molar-refractivity contribution in [2.24, 2.45) is 0 Å². The summed E-state index contributed by atoms with van der Waals surface area (Å²) in [5, 5.41) is 4.79. The Morgan fingerprint density at radius 2 is 1.86 bits per heavy atom. The maximum Gasteiger partial charge on any atom is 0.231 e. The van der Waals surface area contributed by atoms with Gasteiger partial charge in [-0.3, -0.25) is 0 Å². The second kappa shape index (κ2) is 8.13. The van der Waals surface area contributed by atoms with Gasteiger partial charge in [0.05, 0.1) is 5.52 Å². The molecule has 0 bridgehead atoms. The lowest BCUT2D eigenvalue weighted by atomic mass is 10.1. The summed E-state index contributed by atoms with van der Waals surface area (Å²) in [6.45, 7) is 4.06. The van der Waals surface area contributed by atoms with E-state index in [4.69, 9.17) is 14.5 Å². The molecule has 3 aromatic rings. The molecular formula is C23H25N3O2S. The fraction of sp³-hybridized carbons (Fsp3) is 0.348. The van der Waals surface area contributed by atoms with Crippen molar-refractivity contribution in [3.63, 3.8) is 0 Å². The van der Waals surface area contributed by atoms with E-state index in [2.05, 4.69) is 52.9 Å². The lowest BCUT2D eigenvalue weighted by molar-refractivity contribution is 0.174. The number of ether oxygens (including phenoxy) is 2. The van der Waals surface area contributed by atoms with Crippen LogP contribution >= 0.6 is 11.8 Å². The van der Waals surface area contributed by atoms with Gasteiger partial charge in [0.25, 0.3) is 0 Å². The van der Waals surface area contributed by atoms with Crippen molar-refractivity contribution in [2.45, 2.75) is 30.8 Å². The van der Waals surface area contributed by atoms with Crippen molar-refractivity contribution in [1.82, 2.24) is 10.3 Å². The topological polar surface area (TPSA) is 46.6 Å². The summed E-state index contributed by atoms with van der Waals surface area (Å²) in [6.07, 6.45) is 4.60. The number of hydrogen-bond donors (Lipinski definition) is 1. The standard InChI is InChI=1S/C23H25N3O2S/c1-29-19-6-5-17-11-18(23(25-20(17)12-19)26-8-2-3-9-26)14-24-13-16-4-7-21-22(10-16)28-15-27-21/h4-7,10-12,24H,2-3,8-9,13-15H2,1H3. The van der Waals surface area contributed by atoms with E-state index in [1.54, 1.807) is 11.8 Å². The van der Waals surface area contributed by atoms with Crippen molar-refractivity contribution >= 4 is 28.5 Å². The van der Waals surface area contributed by atoms with Gasteiger partial charge < -0.3 is 19.7 Å². The maximum atomic E-state index is 5.49. The van der Waals surface area contributed by atoms with Crippen LogP contribution in [0.2, 0.25) is 0 Å². The lowest BCUT2D eigenvalue weighted by Crippen LogP contribution is -2.23. The van der Waals surface area contributed by atoms with Crippen molar-refractivity contribution in [1.29, 1.82) is 0 Å². The summed E-state index contributed by atoms with van der Waals surface area (Å²) in [7, 11) is 0. The van der Waals surface area contributed by atoms with E-state index in [-0.39, 0.29) is 0 Å². The molecule has 1 N–H and O–H groups in total. The third-order valence-electron chi connectivity index (χ3n) is 5.57. The van der Waals surface area contributed by atoms with Crippen molar-refractivity contribution in [2.75, 3.05) is 31.0 Å². The van der Waals surface area contributed by atoms with Crippen molar-refractivity contribution in [3.05, 3.63) is 53.6 Å². The first-order valence-electron chi connectivity index (χ1n) is 10.1. The van der Waals surface area contributed by atoms with Crippen LogP contribution in [0, 0.1) is 0 Å². The first-order chi connectivity index (χ1) is 14.3. The van der Waals surface area contributed by atoms with Crippen LogP contribution in [0.3, 0.4) is 0 Å². The Labute approximate surface area is 175 Å². The molecule has 2 aliphatic heterocycles. The molecular weight excluding hydrogens is 382 g/mol. The van der Waals surface area contributed by atoms with E-state index in [9.17, 15) is 0 Å². The minimum atomic E-state index is 0.312. The molecule has 0 amide bonds. The number of anilines is 1. The molecule has 150 valence electrons. The number of aromatic nitrogens is 1. The Bertz CT molecular complexity index is 1030. The number of fused-ring (bicyclic) bond motifs is 2. The van der Waals surface area contributed by atoms with Crippen LogP contribution in [0.5, 0.6) is 11.5 Å². The van der Waals surface area contributed by atoms with E-state index >= 15 is 0 Å². The van der Waals surface area contributed by atoms with Crippen LogP contribution < -0.4 is 19.7 Å². The SMILES string of the molecule is CSc1ccc2cc(CNCc3ccc4c(c3)OCO4)c(N3CCCC3)nc2c1. The molecule has 6 heteroatoms. The molecule has 3 heterocycles. The lowest BCUT2D eigenvalue weighted by Gasteiger charge is -2.21. The monoisotopic (exact) mass is 407 g/mol. The quantitative estimate of drug-likeness (QED) is 0.604. The summed E-state index contributed by atoms with van der Waals surface area (Å²) in [6, 6.07) is 15.0. The number of thioether (sulfide) groups is 1. The molecule has 0 atom stereocenters. The third kappa shape index (κ3) is 3.87. The predicted octanol–water partition coefficient (Wildman–Crippen LogP) is 4.58. The minimum Gasteiger partial charge on any atom is -0.454 e. The highest BCUT2D eigenvalue weighted by Crippen LogP contribution is 2.33. The highest BCUT2D eigenvalue weighted by atomic mass is 32.2. The van der Waals surface area contributed by atoms with Crippen LogP contribution in [-0.4, -0.2) is 31.1 Å². The van der Waals surface area contributed by atoms with Crippen LogP contribution in [0.1, 0.15) is 24.0 Å². The maximum absolute atomic E-state index is 5.49. The normalized spacial score (nSPS) is 15.4. The van der Waals surface area contributed by atoms with Gasteiger partial charge in [0.2, 0.25) is 6.79 Å². The average molecular weight is 408 g/mol. The van der Waals surface area contributed by atoms with Crippen LogP contribution in [0.25, 0.3) is 10.9 Å². The molecule has 1 saturated heterocycles. The Balaban J connectivity index is 1.38. The molecule has 0 aliphatic carbocycles.